The minimum Gasteiger partial charge on any atom is -0.372 e. The summed E-state index contributed by atoms with van der Waals surface area (Å²) in [6.45, 7) is 66.8. The molecular weight excluding hydrogens is 1580 g/mol. The van der Waals surface area contributed by atoms with Gasteiger partial charge in [0.2, 0.25) is 29.5 Å². The van der Waals surface area contributed by atoms with Crippen molar-refractivity contribution in [3.8, 4) is 0 Å². The van der Waals surface area contributed by atoms with Crippen LogP contribution in [0.4, 0.5) is 0 Å². The van der Waals surface area contributed by atoms with Crippen molar-refractivity contribution in [2.75, 3.05) is 85.1 Å². The van der Waals surface area contributed by atoms with E-state index in [2.05, 4.69) is 101 Å². The summed E-state index contributed by atoms with van der Waals surface area (Å²) >= 11 is 0. The Balaban J connectivity index is 0.000000262. The van der Waals surface area contributed by atoms with E-state index >= 15 is 0 Å². The third-order valence-electron chi connectivity index (χ3n) is 29.9. The Morgan fingerprint density at radius 3 is 0.945 bits per heavy atom. The molecule has 6 heterocycles. The highest BCUT2D eigenvalue weighted by Gasteiger charge is 2.35. The van der Waals surface area contributed by atoms with Crippen molar-refractivity contribution in [2.24, 2.45) is 59.2 Å². The molecule has 2 saturated carbocycles. The maximum absolute atomic E-state index is 13.0. The normalized spacial score (nSPS) is 20.3. The number of unbranched alkanes of at least 4 members (excludes halogenated alkanes) is 4. The van der Waals surface area contributed by atoms with E-state index in [9.17, 15) is 43.2 Å². The molecule has 1 aromatic rings. The van der Waals surface area contributed by atoms with Crippen LogP contribution >= 0.6 is 0 Å². The van der Waals surface area contributed by atoms with Crippen LogP contribution in [0.25, 0.3) is 0 Å². The molecule has 18 heteroatoms. The van der Waals surface area contributed by atoms with Gasteiger partial charge in [0.05, 0.1) is 16.8 Å². The van der Waals surface area contributed by atoms with Crippen LogP contribution in [0.15, 0.2) is 134 Å². The largest absolute Gasteiger partial charge is 0.372 e. The van der Waals surface area contributed by atoms with Gasteiger partial charge >= 0.3 is 0 Å². The van der Waals surface area contributed by atoms with E-state index in [0.29, 0.717) is 120 Å². The fraction of sp³-hybridized carbons (Fsp3) is 0.697. The van der Waals surface area contributed by atoms with E-state index in [1.54, 1.807) is 20.8 Å². The average molecular weight is 1750 g/mol. The molecule has 0 radical (unpaired) electrons. The Kier molecular flexibility index (Phi) is 45.2. The highest BCUT2D eigenvalue weighted by atomic mass is 16.2. The van der Waals surface area contributed by atoms with Crippen LogP contribution in [0.5, 0.6) is 0 Å². The summed E-state index contributed by atoms with van der Waals surface area (Å²) in [6.07, 6.45) is 41.1. The van der Waals surface area contributed by atoms with Crippen LogP contribution < -0.4 is 16.0 Å². The molecule has 9 rings (SSSR count). The quantitative estimate of drug-likeness (QED) is 0.0316. The first-order valence-electron chi connectivity index (χ1n) is 50.0. The van der Waals surface area contributed by atoms with Gasteiger partial charge in [0.1, 0.15) is 17.3 Å². The van der Waals surface area contributed by atoms with Crippen LogP contribution in [0.3, 0.4) is 0 Å². The number of piperidine rings is 6. The molecule has 127 heavy (non-hydrogen) atoms. The third-order valence-corrected chi connectivity index (χ3v) is 29.9. The molecule has 4 atom stereocenters. The summed E-state index contributed by atoms with van der Waals surface area (Å²) in [5.41, 5.74) is 8.99. The molecule has 1 aromatic carbocycles. The van der Waals surface area contributed by atoms with Gasteiger partial charge in [-0.2, -0.15) is 0 Å². The van der Waals surface area contributed by atoms with Crippen LogP contribution in [-0.2, 0) is 54.2 Å². The third kappa shape index (κ3) is 37.8. The van der Waals surface area contributed by atoms with Crippen LogP contribution in [0, 0.1) is 59.2 Å². The number of nitrogens with zero attached hydrogens (tertiary/aromatic N) is 6. The smallest absolute Gasteiger partial charge is 0.248 e. The van der Waals surface area contributed by atoms with Crippen LogP contribution in [0.1, 0.15) is 344 Å². The molecular formula is C109H173N9O9. The van der Waals surface area contributed by atoms with Crippen molar-refractivity contribution < 1.29 is 43.2 Å². The Bertz CT molecular complexity index is 3630. The predicted octanol–water partition coefficient (Wildman–Crippen LogP) is 21.8. The first-order valence-corrected chi connectivity index (χ1v) is 50.0. The Morgan fingerprint density at radius 1 is 0.323 bits per heavy atom. The number of carbonyl (C=O) groups is 9. The Hall–Kier alpha value is -7.89. The molecule has 708 valence electrons. The summed E-state index contributed by atoms with van der Waals surface area (Å²) in [4.78, 5) is 125. The van der Waals surface area contributed by atoms with Crippen molar-refractivity contribution in [2.45, 2.75) is 344 Å². The monoisotopic (exact) mass is 1750 g/mol. The zero-order valence-electron chi connectivity index (χ0n) is 81.5. The lowest BCUT2D eigenvalue weighted by Gasteiger charge is -2.35. The molecule has 0 aromatic heterocycles. The molecule has 6 aliphatic heterocycles. The molecule has 5 amide bonds. The van der Waals surface area contributed by atoms with Gasteiger partial charge in [-0.1, -0.05) is 141 Å². The van der Waals surface area contributed by atoms with Gasteiger partial charge in [0.25, 0.3) is 0 Å². The predicted molar refractivity (Wildman–Crippen MR) is 522 cm³/mol. The van der Waals surface area contributed by atoms with E-state index in [-0.39, 0.29) is 35.3 Å². The van der Waals surface area contributed by atoms with Gasteiger partial charge in [-0.25, -0.2) is 0 Å². The maximum Gasteiger partial charge on any atom is 0.248 e. The summed E-state index contributed by atoms with van der Waals surface area (Å²) in [6, 6.07) is 8.18. The molecule has 4 unspecified atom stereocenters. The number of ketones is 4. The standard InChI is InChI=1S/C40H64N2O3.C37H56N4O3.C32H53N3O3/c1-29(2)31(5)41-20-16-32(17-21-41)12-14-38(43)27-36-10-6-8-34(25-36)24-35-9-7-11-37(26-35)28-39(44)15-13-33-18-22-42(23-19-33)40(45)30(3)4;1-26(2)27(3)40-21-17-30(18-22-40)13-15-34(43)38-36(6,7)32-11-10-12-33(25-32)37(8,9)39-35(44)16-14-31-19-23-41(24-20-31)28(4)29(5)42;1-25(2)27(5)34-21-16-29(17-22-34)13-15-31(37)33-20-10-8-6-7-9-11-30(36)14-12-28-18-23-35(24-19-28)32(38)26(3)4/h32-37H,1,3,5-28H2,2,4H3;10-12,25,30-31H,1,3-4,13-24H2,2,5-9H3,(H,38,43)(H,39,44);28-29H,1,3,5-24H2,2,4H3,(H,33,37). The van der Waals surface area contributed by atoms with Crippen molar-refractivity contribution in [3.63, 3.8) is 0 Å². The summed E-state index contributed by atoms with van der Waals surface area (Å²) in [5.74, 6) is 7.92. The lowest BCUT2D eigenvalue weighted by molar-refractivity contribution is -0.129. The van der Waals surface area contributed by atoms with Crippen molar-refractivity contribution >= 4 is 52.7 Å². The molecule has 2 aliphatic carbocycles. The molecule has 8 fully saturated rings. The molecule has 18 nitrogen and oxygen atoms in total. The van der Waals surface area contributed by atoms with Gasteiger partial charge in [-0.15, -0.1) is 0 Å². The van der Waals surface area contributed by atoms with E-state index in [1.165, 1.54) is 57.8 Å². The van der Waals surface area contributed by atoms with Crippen molar-refractivity contribution in [1.82, 2.24) is 45.3 Å². The number of hydrogen-bond donors (Lipinski definition) is 3. The number of carbonyl (C=O) groups excluding carboxylic acids is 9. The summed E-state index contributed by atoms with van der Waals surface area (Å²) in [5, 5.41) is 9.57. The Morgan fingerprint density at radius 2 is 0.614 bits per heavy atom. The van der Waals surface area contributed by atoms with E-state index in [0.717, 1.165) is 309 Å². The second-order valence-electron chi connectivity index (χ2n) is 41.5. The number of hydrogen-bond acceptors (Lipinski definition) is 13. The number of benzene rings is 1. The van der Waals surface area contributed by atoms with Crippen LogP contribution in [-0.4, -0.2) is 167 Å². The van der Waals surface area contributed by atoms with Crippen molar-refractivity contribution in [3.05, 3.63) is 145 Å². The highest BCUT2D eigenvalue weighted by Crippen LogP contribution is 2.42. The number of allylic oxidation sites excluding steroid dienone is 4. The molecule has 0 spiro atoms. The lowest BCUT2D eigenvalue weighted by Crippen LogP contribution is -2.43. The fourth-order valence-corrected chi connectivity index (χ4v) is 21.1. The SMILES string of the molecule is C=C(C)C(=C)N1CCC(CCC(=O)CC2CCCC(CC3CCCC(CC(=O)CCC4CCN(C(=O)C(=C)C)CC4)C3)C2)CC1.C=C(C)C(=C)N1CCC(CCC(=O)NC(C)(C)c2cccc(C(C)(C)NC(=O)CCC3CCN(C(=C)C(C)=O)CC3)c2)CC1.C=C(C)C(=C)N1CCC(CCC(=O)NCCCCCCCC(=O)CCC2CCN(C(=O)C(=C)C)CC2)CC1. The first kappa shape index (κ1) is 106. The molecule has 8 aliphatic rings. The van der Waals surface area contributed by atoms with Gasteiger partial charge in [0, 0.05) is 178 Å². The minimum atomic E-state index is -0.555. The van der Waals surface area contributed by atoms with Gasteiger partial charge in [-0.3, -0.25) is 43.2 Å². The lowest BCUT2D eigenvalue weighted by atomic mass is 9.71. The average Bonchev–Trinajstić information content (AvgIpc) is 0.801. The van der Waals surface area contributed by atoms with Gasteiger partial charge < -0.3 is 45.3 Å². The molecule has 3 N–H and O–H groups in total. The van der Waals surface area contributed by atoms with Crippen molar-refractivity contribution in [1.29, 1.82) is 0 Å². The Labute approximate surface area is 769 Å². The van der Waals surface area contributed by atoms with E-state index < -0.39 is 11.1 Å². The highest BCUT2D eigenvalue weighted by molar-refractivity contribution is 5.93. The number of likely N-dealkylation sites (tertiary alicyclic amines) is 6. The molecule has 6 saturated heterocycles. The zero-order chi connectivity index (χ0) is 92.9. The minimum absolute atomic E-state index is 0.0218. The van der Waals surface area contributed by atoms with Gasteiger partial charge in [-0.05, 0) is 297 Å². The number of nitrogens with one attached hydrogen (secondary N) is 3. The van der Waals surface area contributed by atoms with Gasteiger partial charge in [0.15, 0.2) is 5.78 Å². The topological polar surface area (TPSA) is 209 Å². The maximum atomic E-state index is 13.0. The second kappa shape index (κ2) is 54.1. The fourth-order valence-electron chi connectivity index (χ4n) is 21.1. The molecule has 0 bridgehead atoms. The van der Waals surface area contributed by atoms with E-state index in [1.807, 2.05) is 76.5 Å². The van der Waals surface area contributed by atoms with E-state index in [4.69, 9.17) is 0 Å². The number of Topliss-reactive ketones (excluding diaryl/α,β-unsaturated/α-hetero) is 4. The summed E-state index contributed by atoms with van der Waals surface area (Å²) in [7, 11) is 0. The number of amides is 5. The second-order valence-corrected chi connectivity index (χ2v) is 41.5. The van der Waals surface area contributed by atoms with Crippen LogP contribution in [0.2, 0.25) is 0 Å². The summed E-state index contributed by atoms with van der Waals surface area (Å²) < 4.78 is 0. The first-order chi connectivity index (χ1) is 60.3. The number of rotatable bonds is 46. The zero-order valence-corrected chi connectivity index (χ0v) is 81.5.